The molecule has 3 heteroatoms. The number of nitrogens with zero attached hydrogens (tertiary/aromatic N) is 1. The molecule has 0 saturated heterocycles. The van der Waals surface area contributed by atoms with Crippen molar-refractivity contribution in [3.8, 4) is 0 Å². The summed E-state index contributed by atoms with van der Waals surface area (Å²) in [6, 6.07) is 2.03. The van der Waals surface area contributed by atoms with Gasteiger partial charge in [-0.05, 0) is 37.3 Å². The van der Waals surface area contributed by atoms with Gasteiger partial charge in [-0.2, -0.15) is 0 Å². The van der Waals surface area contributed by atoms with E-state index in [1.54, 1.807) is 0 Å². The summed E-state index contributed by atoms with van der Waals surface area (Å²) in [5, 5.41) is 3.84. The Bertz CT molecular complexity index is 340. The molecule has 1 aromatic rings. The van der Waals surface area contributed by atoms with Crippen molar-refractivity contribution in [3.05, 3.63) is 24.0 Å². The second-order valence-electron chi connectivity index (χ2n) is 4.63. The molecule has 0 aromatic carbocycles. The van der Waals surface area contributed by atoms with Crippen molar-refractivity contribution in [2.45, 2.75) is 38.0 Å². The Labute approximate surface area is 102 Å². The number of halogens is 1. The molecule has 2 rings (SSSR count). The van der Waals surface area contributed by atoms with Gasteiger partial charge in [-0.25, -0.2) is 0 Å². The molecule has 16 heavy (non-hydrogen) atoms. The van der Waals surface area contributed by atoms with Crippen molar-refractivity contribution in [1.29, 1.82) is 0 Å². The molecule has 2 unspecified atom stereocenters. The molecule has 0 radical (unpaired) electrons. The highest BCUT2D eigenvalue weighted by Gasteiger charge is 2.22. The number of hydrogen-bond acceptors (Lipinski definition) is 2. The van der Waals surface area contributed by atoms with E-state index in [4.69, 9.17) is 11.6 Å². The Kier molecular flexibility index (Phi) is 4.05. The van der Waals surface area contributed by atoms with Crippen molar-refractivity contribution in [3.63, 3.8) is 0 Å². The normalized spacial score (nSPS) is 25.4. The molecule has 0 aliphatic heterocycles. The highest BCUT2D eigenvalue weighted by Crippen LogP contribution is 2.29. The minimum Gasteiger partial charge on any atom is -0.384 e. The summed E-state index contributed by atoms with van der Waals surface area (Å²) in [7, 11) is 0. The van der Waals surface area contributed by atoms with E-state index in [9.17, 15) is 0 Å². The fraction of sp³-hybridized carbons (Fsp3) is 0.615. The summed E-state index contributed by atoms with van der Waals surface area (Å²) in [4.78, 5) is 4.09. The maximum absolute atomic E-state index is 6.34. The van der Waals surface area contributed by atoms with Gasteiger partial charge in [0.1, 0.15) is 0 Å². The minimum absolute atomic E-state index is 0.350. The van der Waals surface area contributed by atoms with Crippen LogP contribution in [0, 0.1) is 12.8 Å². The molecule has 0 amide bonds. The van der Waals surface area contributed by atoms with Gasteiger partial charge in [-0.1, -0.05) is 12.8 Å². The van der Waals surface area contributed by atoms with Crippen molar-refractivity contribution >= 4 is 17.3 Å². The third-order valence-corrected chi connectivity index (χ3v) is 3.97. The van der Waals surface area contributed by atoms with Crippen LogP contribution in [-0.4, -0.2) is 16.9 Å². The van der Waals surface area contributed by atoms with E-state index in [0.29, 0.717) is 11.3 Å². The molecule has 2 atom stereocenters. The van der Waals surface area contributed by atoms with Crippen molar-refractivity contribution in [2.75, 3.05) is 11.9 Å². The third-order valence-electron chi connectivity index (χ3n) is 3.39. The van der Waals surface area contributed by atoms with E-state index < -0.39 is 0 Å². The van der Waals surface area contributed by atoms with Crippen LogP contribution < -0.4 is 5.32 Å². The van der Waals surface area contributed by atoms with E-state index in [-0.39, 0.29) is 0 Å². The van der Waals surface area contributed by atoms with Crippen molar-refractivity contribution in [1.82, 2.24) is 4.98 Å². The summed E-state index contributed by atoms with van der Waals surface area (Å²) in [6.45, 7) is 3.06. The monoisotopic (exact) mass is 238 g/mol. The van der Waals surface area contributed by atoms with Gasteiger partial charge in [-0.15, -0.1) is 11.6 Å². The van der Waals surface area contributed by atoms with Gasteiger partial charge < -0.3 is 5.32 Å². The molecule has 1 aliphatic rings. The van der Waals surface area contributed by atoms with Crippen LogP contribution in [0.3, 0.4) is 0 Å². The quantitative estimate of drug-likeness (QED) is 0.814. The lowest BCUT2D eigenvalue weighted by Crippen LogP contribution is -2.26. The van der Waals surface area contributed by atoms with Gasteiger partial charge in [-0.3, -0.25) is 4.98 Å². The van der Waals surface area contributed by atoms with Gasteiger partial charge in [0.25, 0.3) is 0 Å². The third kappa shape index (κ3) is 2.88. The molecule has 1 fully saturated rings. The Morgan fingerprint density at radius 3 is 3.00 bits per heavy atom. The molecule has 88 valence electrons. The molecule has 1 aromatic heterocycles. The standard InChI is InChI=1S/C13H19ClN2/c1-10-8-15-7-6-13(10)16-9-11-4-2-3-5-12(11)14/h6-8,11-12H,2-5,9H2,1H3,(H,15,16). The lowest BCUT2D eigenvalue weighted by atomic mass is 9.88. The van der Waals surface area contributed by atoms with Crippen LogP contribution in [0.5, 0.6) is 0 Å². The first kappa shape index (κ1) is 11.7. The van der Waals surface area contributed by atoms with Gasteiger partial charge in [0.2, 0.25) is 0 Å². The molecule has 1 heterocycles. The van der Waals surface area contributed by atoms with Gasteiger partial charge in [0.05, 0.1) is 0 Å². The average Bonchev–Trinajstić information content (AvgIpc) is 2.30. The Morgan fingerprint density at radius 1 is 1.44 bits per heavy atom. The Hall–Kier alpha value is -0.760. The predicted octanol–water partition coefficient (Wildman–Crippen LogP) is 3.60. The predicted molar refractivity (Wildman–Crippen MR) is 69.1 cm³/mol. The number of pyridine rings is 1. The SMILES string of the molecule is Cc1cnccc1NCC1CCCCC1Cl. The zero-order valence-corrected chi connectivity index (χ0v) is 10.5. The van der Waals surface area contributed by atoms with E-state index in [0.717, 1.165) is 6.54 Å². The van der Waals surface area contributed by atoms with E-state index in [2.05, 4.69) is 17.2 Å². The van der Waals surface area contributed by atoms with Crippen molar-refractivity contribution in [2.24, 2.45) is 5.92 Å². The summed E-state index contributed by atoms with van der Waals surface area (Å²) >= 11 is 6.34. The molecule has 1 N–H and O–H groups in total. The first-order valence-corrected chi connectivity index (χ1v) is 6.49. The van der Waals surface area contributed by atoms with Crippen LogP contribution in [0.15, 0.2) is 18.5 Å². The lowest BCUT2D eigenvalue weighted by molar-refractivity contribution is 0.380. The number of hydrogen-bond donors (Lipinski definition) is 1. The van der Waals surface area contributed by atoms with Crippen LogP contribution in [-0.2, 0) is 0 Å². The maximum atomic E-state index is 6.34. The number of alkyl halides is 1. The molecule has 0 bridgehead atoms. The van der Waals surface area contributed by atoms with Crippen molar-refractivity contribution < 1.29 is 0 Å². The second-order valence-corrected chi connectivity index (χ2v) is 5.19. The molecule has 1 saturated carbocycles. The van der Waals surface area contributed by atoms with Gasteiger partial charge in [0.15, 0.2) is 0 Å². The van der Waals surface area contributed by atoms with Crippen LogP contribution in [0.1, 0.15) is 31.2 Å². The molecule has 0 spiro atoms. The first-order chi connectivity index (χ1) is 7.77. The number of anilines is 1. The lowest BCUT2D eigenvalue weighted by Gasteiger charge is -2.27. The zero-order valence-electron chi connectivity index (χ0n) is 9.75. The summed E-state index contributed by atoms with van der Waals surface area (Å²) < 4.78 is 0. The summed E-state index contributed by atoms with van der Waals surface area (Å²) in [5.41, 5.74) is 2.38. The van der Waals surface area contributed by atoms with Crippen LogP contribution in [0.2, 0.25) is 0 Å². The zero-order chi connectivity index (χ0) is 11.4. The number of rotatable bonds is 3. The fourth-order valence-corrected chi connectivity index (χ4v) is 2.67. The highest BCUT2D eigenvalue weighted by atomic mass is 35.5. The smallest absolute Gasteiger partial charge is 0.0400 e. The summed E-state index contributed by atoms with van der Waals surface area (Å²) in [6.07, 6.45) is 8.76. The fourth-order valence-electron chi connectivity index (χ4n) is 2.31. The van der Waals surface area contributed by atoms with Gasteiger partial charge >= 0.3 is 0 Å². The topological polar surface area (TPSA) is 24.9 Å². The number of nitrogens with one attached hydrogen (secondary N) is 1. The molecular weight excluding hydrogens is 220 g/mol. The maximum Gasteiger partial charge on any atom is 0.0400 e. The van der Waals surface area contributed by atoms with E-state index >= 15 is 0 Å². The summed E-state index contributed by atoms with van der Waals surface area (Å²) in [5.74, 6) is 0.614. The first-order valence-electron chi connectivity index (χ1n) is 6.06. The molecular formula is C13H19ClN2. The van der Waals surface area contributed by atoms with E-state index in [1.165, 1.54) is 36.9 Å². The molecule has 2 nitrogen and oxygen atoms in total. The number of aryl methyl sites for hydroxylation is 1. The molecule has 1 aliphatic carbocycles. The Morgan fingerprint density at radius 2 is 2.25 bits per heavy atom. The largest absolute Gasteiger partial charge is 0.384 e. The minimum atomic E-state index is 0.350. The van der Waals surface area contributed by atoms with Crippen LogP contribution >= 0.6 is 11.6 Å². The second kappa shape index (κ2) is 5.53. The Balaban J connectivity index is 1.89. The average molecular weight is 239 g/mol. The number of aromatic nitrogens is 1. The highest BCUT2D eigenvalue weighted by molar-refractivity contribution is 6.20. The van der Waals surface area contributed by atoms with Crippen LogP contribution in [0.25, 0.3) is 0 Å². The van der Waals surface area contributed by atoms with Crippen LogP contribution in [0.4, 0.5) is 5.69 Å². The van der Waals surface area contributed by atoms with E-state index in [1.807, 2.05) is 18.5 Å². The van der Waals surface area contributed by atoms with Gasteiger partial charge in [0, 0.05) is 30.0 Å².